The highest BCUT2D eigenvalue weighted by molar-refractivity contribution is 5.76. The minimum absolute atomic E-state index is 0.100. The molecule has 1 aromatic heterocycles. The highest BCUT2D eigenvalue weighted by Crippen LogP contribution is 2.00. The summed E-state index contributed by atoms with van der Waals surface area (Å²) in [6, 6.07) is 0. The fourth-order valence-electron chi connectivity index (χ4n) is 1.83. The molecule has 24 heavy (non-hydrogen) atoms. The van der Waals surface area contributed by atoms with Gasteiger partial charge in [0.15, 0.2) is 0 Å². The van der Waals surface area contributed by atoms with Gasteiger partial charge in [0.2, 0.25) is 5.91 Å². The van der Waals surface area contributed by atoms with Gasteiger partial charge in [0.25, 0.3) is 0 Å². The first-order valence-electron chi connectivity index (χ1n) is 8.23. The first kappa shape index (κ1) is 20.5. The molecule has 8 heteroatoms. The Kier molecular flexibility index (Phi) is 8.88. The quantitative estimate of drug-likeness (QED) is 0.607. The summed E-state index contributed by atoms with van der Waals surface area (Å²) >= 11 is 0. The summed E-state index contributed by atoms with van der Waals surface area (Å²) < 4.78 is 17.7. The predicted molar refractivity (Wildman–Crippen MR) is 89.5 cm³/mol. The summed E-state index contributed by atoms with van der Waals surface area (Å²) in [7, 11) is 0. The third kappa shape index (κ3) is 10.3. The summed E-state index contributed by atoms with van der Waals surface area (Å²) in [4.78, 5) is 11.8. The van der Waals surface area contributed by atoms with Crippen molar-refractivity contribution in [3.63, 3.8) is 0 Å². The summed E-state index contributed by atoms with van der Waals surface area (Å²) in [5.41, 5.74) is 0.422. The van der Waals surface area contributed by atoms with Gasteiger partial charge in [-0.1, -0.05) is 5.21 Å². The van der Waals surface area contributed by atoms with Crippen LogP contribution in [-0.4, -0.2) is 59.0 Å². The Morgan fingerprint density at radius 3 is 2.54 bits per heavy atom. The van der Waals surface area contributed by atoms with Crippen LogP contribution in [0.4, 0.5) is 0 Å². The molecule has 1 N–H and O–H groups in total. The number of aromatic nitrogens is 3. The van der Waals surface area contributed by atoms with Crippen LogP contribution in [0.1, 0.15) is 40.3 Å². The zero-order chi connectivity index (χ0) is 18.0. The molecule has 138 valence electrons. The molecule has 1 heterocycles. The molecule has 0 fully saturated rings. The number of nitrogens with one attached hydrogen (secondary N) is 1. The monoisotopic (exact) mass is 342 g/mol. The Morgan fingerprint density at radius 1 is 1.21 bits per heavy atom. The maximum absolute atomic E-state index is 11.8. The van der Waals surface area contributed by atoms with Gasteiger partial charge in [0.1, 0.15) is 12.2 Å². The highest BCUT2D eigenvalue weighted by atomic mass is 16.5. The van der Waals surface area contributed by atoms with Gasteiger partial charge in [0.05, 0.1) is 45.3 Å². The molecule has 0 radical (unpaired) electrons. The number of hydrogen-bond donors (Lipinski definition) is 1. The minimum atomic E-state index is -0.260. The van der Waals surface area contributed by atoms with Crippen molar-refractivity contribution in [1.29, 1.82) is 0 Å². The smallest absolute Gasteiger partial charge is 0.242 e. The third-order valence-electron chi connectivity index (χ3n) is 2.71. The molecule has 0 bridgehead atoms. The molecule has 0 saturated heterocycles. The standard InChI is InChI=1S/C16H30N4O4/c1-13(2)24-9-8-22-6-7-23-12-14-10-20(19-18-14)11-15(21)17-16(3,4)5/h10,13H,6-9,11-12H2,1-5H3,(H,17,21). The maximum atomic E-state index is 11.8. The number of hydrogen-bond acceptors (Lipinski definition) is 6. The SMILES string of the molecule is CC(C)OCCOCCOCc1cn(CC(=O)NC(C)(C)C)nn1. The van der Waals surface area contributed by atoms with Crippen molar-refractivity contribution < 1.29 is 19.0 Å². The molecular weight excluding hydrogens is 312 g/mol. The maximum Gasteiger partial charge on any atom is 0.242 e. The van der Waals surface area contributed by atoms with Crippen molar-refractivity contribution in [2.24, 2.45) is 0 Å². The van der Waals surface area contributed by atoms with E-state index in [-0.39, 0.29) is 24.1 Å². The third-order valence-corrected chi connectivity index (χ3v) is 2.71. The Labute approximate surface area is 143 Å². The fraction of sp³-hybridized carbons (Fsp3) is 0.812. The molecule has 1 amide bonds. The molecule has 0 aromatic carbocycles. The van der Waals surface area contributed by atoms with Gasteiger partial charge in [0, 0.05) is 5.54 Å². The van der Waals surface area contributed by atoms with E-state index in [1.54, 1.807) is 6.20 Å². The van der Waals surface area contributed by atoms with Gasteiger partial charge in [-0.05, 0) is 34.6 Å². The molecule has 0 aliphatic heterocycles. The number of ether oxygens (including phenoxy) is 3. The van der Waals surface area contributed by atoms with Gasteiger partial charge < -0.3 is 19.5 Å². The Balaban J connectivity index is 2.13. The van der Waals surface area contributed by atoms with E-state index in [0.717, 1.165) is 0 Å². The Bertz CT molecular complexity index is 483. The molecule has 0 aliphatic rings. The van der Waals surface area contributed by atoms with E-state index in [2.05, 4.69) is 15.6 Å². The highest BCUT2D eigenvalue weighted by Gasteiger charge is 2.14. The van der Waals surface area contributed by atoms with E-state index in [9.17, 15) is 4.79 Å². The first-order valence-corrected chi connectivity index (χ1v) is 8.23. The van der Waals surface area contributed by atoms with Gasteiger partial charge in [-0.15, -0.1) is 5.10 Å². The molecule has 0 aliphatic carbocycles. The van der Waals surface area contributed by atoms with E-state index < -0.39 is 0 Å². The number of carbonyl (C=O) groups excluding carboxylic acids is 1. The Morgan fingerprint density at radius 2 is 1.88 bits per heavy atom. The predicted octanol–water partition coefficient (Wildman–Crippen LogP) is 1.15. The van der Waals surface area contributed by atoms with Crippen LogP contribution in [-0.2, 0) is 32.2 Å². The van der Waals surface area contributed by atoms with Crippen LogP contribution in [0.25, 0.3) is 0 Å². The van der Waals surface area contributed by atoms with Crippen LogP contribution in [0.2, 0.25) is 0 Å². The Hall–Kier alpha value is -1.51. The van der Waals surface area contributed by atoms with Crippen LogP contribution >= 0.6 is 0 Å². The normalized spacial score (nSPS) is 11.9. The van der Waals surface area contributed by atoms with Gasteiger partial charge in [-0.2, -0.15) is 0 Å². The summed E-state index contributed by atoms with van der Waals surface area (Å²) in [5, 5.41) is 10.8. The molecular formula is C16H30N4O4. The second-order valence-corrected chi connectivity index (χ2v) is 6.79. The van der Waals surface area contributed by atoms with Crippen molar-refractivity contribution in [3.05, 3.63) is 11.9 Å². The van der Waals surface area contributed by atoms with Crippen molar-refractivity contribution >= 4 is 5.91 Å². The van der Waals surface area contributed by atoms with E-state index in [0.29, 0.717) is 38.7 Å². The van der Waals surface area contributed by atoms with E-state index >= 15 is 0 Å². The largest absolute Gasteiger partial charge is 0.377 e. The lowest BCUT2D eigenvalue weighted by Gasteiger charge is -2.20. The summed E-state index contributed by atoms with van der Waals surface area (Å²) in [6.45, 7) is 12.4. The van der Waals surface area contributed by atoms with Gasteiger partial charge in [-0.3, -0.25) is 4.79 Å². The zero-order valence-corrected chi connectivity index (χ0v) is 15.4. The second kappa shape index (κ2) is 10.4. The van der Waals surface area contributed by atoms with Crippen LogP contribution in [0.15, 0.2) is 6.20 Å². The summed E-state index contributed by atoms with van der Waals surface area (Å²) in [6.07, 6.45) is 1.93. The van der Waals surface area contributed by atoms with Crippen molar-refractivity contribution in [3.8, 4) is 0 Å². The first-order chi connectivity index (χ1) is 11.3. The van der Waals surface area contributed by atoms with Crippen LogP contribution in [0, 0.1) is 0 Å². The van der Waals surface area contributed by atoms with Crippen molar-refractivity contribution in [2.75, 3.05) is 26.4 Å². The van der Waals surface area contributed by atoms with Crippen molar-refractivity contribution in [2.45, 2.75) is 59.4 Å². The van der Waals surface area contributed by atoms with E-state index in [4.69, 9.17) is 14.2 Å². The molecule has 0 unspecified atom stereocenters. The lowest BCUT2D eigenvalue weighted by Crippen LogP contribution is -2.42. The summed E-state index contributed by atoms with van der Waals surface area (Å²) in [5.74, 6) is -0.100. The van der Waals surface area contributed by atoms with Crippen LogP contribution in [0.3, 0.4) is 0 Å². The topological polar surface area (TPSA) is 87.5 Å². The average Bonchev–Trinajstić information content (AvgIpc) is 2.86. The number of rotatable bonds is 11. The lowest BCUT2D eigenvalue weighted by atomic mass is 10.1. The lowest BCUT2D eigenvalue weighted by molar-refractivity contribution is -0.123. The molecule has 1 aromatic rings. The average molecular weight is 342 g/mol. The zero-order valence-electron chi connectivity index (χ0n) is 15.4. The second-order valence-electron chi connectivity index (χ2n) is 6.79. The van der Waals surface area contributed by atoms with Crippen LogP contribution < -0.4 is 5.32 Å². The molecule has 1 rings (SSSR count). The van der Waals surface area contributed by atoms with Gasteiger partial charge >= 0.3 is 0 Å². The van der Waals surface area contributed by atoms with Gasteiger partial charge in [-0.25, -0.2) is 4.68 Å². The fourth-order valence-corrected chi connectivity index (χ4v) is 1.83. The van der Waals surface area contributed by atoms with E-state index in [1.807, 2.05) is 34.6 Å². The van der Waals surface area contributed by atoms with E-state index in [1.165, 1.54) is 4.68 Å². The molecule has 0 spiro atoms. The molecule has 0 atom stereocenters. The number of nitrogens with zero attached hydrogens (tertiary/aromatic N) is 3. The van der Waals surface area contributed by atoms with Crippen molar-refractivity contribution in [1.82, 2.24) is 20.3 Å². The number of carbonyl (C=O) groups is 1. The number of amides is 1. The van der Waals surface area contributed by atoms with Crippen LogP contribution in [0.5, 0.6) is 0 Å². The molecule has 8 nitrogen and oxygen atoms in total. The minimum Gasteiger partial charge on any atom is -0.377 e. The molecule has 0 saturated carbocycles.